The third-order valence-corrected chi connectivity index (χ3v) is 6.41. The molecule has 2 N–H and O–H groups in total. The number of piperazine rings is 1. The van der Waals surface area contributed by atoms with Crippen LogP contribution < -0.4 is 20.3 Å². The van der Waals surface area contributed by atoms with E-state index in [4.69, 9.17) is 4.74 Å². The maximum atomic E-state index is 13.5. The zero-order valence-electron chi connectivity index (χ0n) is 21.3. The first-order valence-electron chi connectivity index (χ1n) is 12.4. The Labute approximate surface area is 218 Å². The van der Waals surface area contributed by atoms with Gasteiger partial charge in [-0.1, -0.05) is 0 Å². The van der Waals surface area contributed by atoms with Crippen LogP contribution in [0.1, 0.15) is 29.9 Å². The van der Waals surface area contributed by atoms with Crippen molar-refractivity contribution in [3.63, 3.8) is 0 Å². The van der Waals surface area contributed by atoms with Crippen molar-refractivity contribution in [2.75, 3.05) is 23.3 Å². The third kappa shape index (κ3) is 4.59. The first-order chi connectivity index (χ1) is 18.4. The first kappa shape index (κ1) is 23.7. The highest BCUT2D eigenvalue weighted by Gasteiger charge is 2.25. The molecule has 1 fully saturated rings. The van der Waals surface area contributed by atoms with E-state index in [1.54, 1.807) is 37.1 Å². The summed E-state index contributed by atoms with van der Waals surface area (Å²) in [5.41, 5.74) is 4.64. The van der Waals surface area contributed by atoms with Crippen LogP contribution in [0, 0.1) is 6.92 Å². The molecule has 0 unspecified atom stereocenters. The molecule has 0 spiro atoms. The number of carbonyl (C=O) groups is 1. The van der Waals surface area contributed by atoms with Crippen molar-refractivity contribution >= 4 is 34.0 Å². The van der Waals surface area contributed by atoms with Gasteiger partial charge in [0.25, 0.3) is 5.91 Å². The topological polar surface area (TPSA) is 122 Å². The fraction of sp³-hybridized carbons (Fsp3) is 0.259. The summed E-state index contributed by atoms with van der Waals surface area (Å²) in [6.07, 6.45) is 11.5. The summed E-state index contributed by atoms with van der Waals surface area (Å²) in [6, 6.07) is 6.20. The lowest BCUT2D eigenvalue weighted by molar-refractivity contribution is 0.102. The lowest BCUT2D eigenvalue weighted by Crippen LogP contribution is -2.54. The zero-order valence-corrected chi connectivity index (χ0v) is 21.3. The Morgan fingerprint density at radius 3 is 2.55 bits per heavy atom. The maximum absolute atomic E-state index is 13.5. The molecular formula is C27H27N9O2. The van der Waals surface area contributed by atoms with Crippen LogP contribution in [-0.4, -0.2) is 60.4 Å². The Kier molecular flexibility index (Phi) is 6.04. The van der Waals surface area contributed by atoms with Gasteiger partial charge >= 0.3 is 0 Å². The summed E-state index contributed by atoms with van der Waals surface area (Å²) >= 11 is 0. The van der Waals surface area contributed by atoms with Crippen molar-refractivity contribution in [1.82, 2.24) is 34.6 Å². The van der Waals surface area contributed by atoms with Gasteiger partial charge in [0.1, 0.15) is 17.4 Å². The monoisotopic (exact) mass is 509 g/mol. The molecule has 4 aromatic heterocycles. The van der Waals surface area contributed by atoms with E-state index >= 15 is 0 Å². The number of amides is 1. The average molecular weight is 510 g/mol. The normalized spacial score (nSPS) is 17.6. The number of carbonyl (C=O) groups excluding carboxylic acids is 1. The number of nitrogens with one attached hydrogen (secondary N) is 2. The molecule has 6 rings (SSSR count). The van der Waals surface area contributed by atoms with Gasteiger partial charge in [0.15, 0.2) is 17.1 Å². The summed E-state index contributed by atoms with van der Waals surface area (Å²) in [4.78, 5) is 37.6. The van der Waals surface area contributed by atoms with Crippen LogP contribution in [0.25, 0.3) is 16.7 Å². The fourth-order valence-electron chi connectivity index (χ4n) is 5.00. The van der Waals surface area contributed by atoms with E-state index in [2.05, 4.69) is 54.3 Å². The first-order valence-corrected chi connectivity index (χ1v) is 12.4. The number of ether oxygens (including phenoxy) is 1. The summed E-state index contributed by atoms with van der Waals surface area (Å²) in [5, 5.41) is 6.55. The van der Waals surface area contributed by atoms with E-state index < -0.39 is 0 Å². The molecule has 38 heavy (non-hydrogen) atoms. The quantitative estimate of drug-likeness (QED) is 0.366. The molecular weight excluding hydrogens is 482 g/mol. The van der Waals surface area contributed by atoms with E-state index in [1.807, 2.05) is 29.7 Å². The highest BCUT2D eigenvalue weighted by Crippen LogP contribution is 2.31. The molecule has 0 bridgehead atoms. The van der Waals surface area contributed by atoms with Gasteiger partial charge in [-0.05, 0) is 32.9 Å². The van der Waals surface area contributed by atoms with Gasteiger partial charge in [0.2, 0.25) is 0 Å². The second-order valence-corrected chi connectivity index (χ2v) is 9.60. The van der Waals surface area contributed by atoms with E-state index in [-0.39, 0.29) is 5.91 Å². The Morgan fingerprint density at radius 2 is 1.79 bits per heavy atom. The number of aromatic nitrogens is 6. The molecule has 5 heterocycles. The van der Waals surface area contributed by atoms with Gasteiger partial charge in [-0.25, -0.2) is 15.0 Å². The number of hydrogen-bond donors (Lipinski definition) is 2. The summed E-state index contributed by atoms with van der Waals surface area (Å²) in [5.74, 6) is 0.633. The minimum absolute atomic E-state index is 0.297. The molecule has 0 aliphatic carbocycles. The Balaban J connectivity index is 1.34. The highest BCUT2D eigenvalue weighted by molar-refractivity contribution is 6.13. The molecule has 11 heteroatoms. The SMILES string of the molecule is Cc1cn2cc(NC(=O)c3ccc(N4C[C@@H](C)N[C@@H](C)C4)c4nccnc34)cc(Oc3cncnc3)c2n1. The van der Waals surface area contributed by atoms with Gasteiger partial charge in [-0.15, -0.1) is 0 Å². The Morgan fingerprint density at radius 1 is 1.05 bits per heavy atom. The van der Waals surface area contributed by atoms with Gasteiger partial charge in [-0.3, -0.25) is 14.8 Å². The number of nitrogens with zero attached hydrogens (tertiary/aromatic N) is 7. The Hall–Kier alpha value is -4.64. The minimum atomic E-state index is -0.297. The van der Waals surface area contributed by atoms with Crippen molar-refractivity contribution in [2.45, 2.75) is 32.9 Å². The molecule has 192 valence electrons. The summed E-state index contributed by atoms with van der Waals surface area (Å²) < 4.78 is 7.83. The molecule has 5 aromatic rings. The second kappa shape index (κ2) is 9.67. The number of rotatable bonds is 5. The number of pyridine rings is 1. The van der Waals surface area contributed by atoms with Gasteiger partial charge < -0.3 is 24.7 Å². The van der Waals surface area contributed by atoms with Crippen LogP contribution in [-0.2, 0) is 0 Å². The molecule has 0 radical (unpaired) electrons. The van der Waals surface area contributed by atoms with Gasteiger partial charge in [-0.2, -0.15) is 0 Å². The van der Waals surface area contributed by atoms with Crippen LogP contribution in [0.3, 0.4) is 0 Å². The van der Waals surface area contributed by atoms with Crippen LogP contribution in [0.5, 0.6) is 11.5 Å². The van der Waals surface area contributed by atoms with Crippen LogP contribution in [0.2, 0.25) is 0 Å². The van der Waals surface area contributed by atoms with Gasteiger partial charge in [0.05, 0.1) is 35.0 Å². The predicted octanol–water partition coefficient (Wildman–Crippen LogP) is 3.61. The third-order valence-electron chi connectivity index (χ3n) is 6.41. The number of benzene rings is 1. The second-order valence-electron chi connectivity index (χ2n) is 9.60. The average Bonchev–Trinajstić information content (AvgIpc) is 3.28. The standard InChI is InChI=1S/C27H27N9O2/c1-16-11-35(12-17(2)32-16)22-5-4-21(24-25(22)31-7-6-30-24)27(37)34-19-8-23(38-20-9-28-15-29-10-20)26-33-18(3)13-36(26)14-19/h4-10,13-17,32H,11-12H2,1-3H3,(H,34,37)/t16-,17+. The zero-order chi connectivity index (χ0) is 26.2. The summed E-state index contributed by atoms with van der Waals surface area (Å²) in [6.45, 7) is 7.93. The molecule has 1 saturated heterocycles. The van der Waals surface area contributed by atoms with Crippen LogP contribution >= 0.6 is 0 Å². The lowest BCUT2D eigenvalue weighted by atomic mass is 10.1. The molecule has 1 aliphatic rings. The molecule has 1 amide bonds. The van der Waals surface area contributed by atoms with Crippen molar-refractivity contribution in [3.8, 4) is 11.5 Å². The van der Waals surface area contributed by atoms with Crippen LogP contribution in [0.4, 0.5) is 11.4 Å². The largest absolute Gasteiger partial charge is 0.450 e. The van der Waals surface area contributed by atoms with Crippen molar-refractivity contribution < 1.29 is 9.53 Å². The molecule has 1 aromatic carbocycles. The van der Waals surface area contributed by atoms with Crippen molar-refractivity contribution in [2.24, 2.45) is 0 Å². The fourth-order valence-corrected chi connectivity index (χ4v) is 5.00. The van der Waals surface area contributed by atoms with E-state index in [9.17, 15) is 4.79 Å². The smallest absolute Gasteiger partial charge is 0.257 e. The molecule has 1 aliphatic heterocycles. The van der Waals surface area contributed by atoms with E-state index in [0.717, 1.165) is 24.5 Å². The number of aryl methyl sites for hydroxylation is 1. The number of anilines is 2. The molecule has 0 saturated carbocycles. The van der Waals surface area contributed by atoms with E-state index in [1.165, 1.54) is 6.33 Å². The molecule has 2 atom stereocenters. The van der Waals surface area contributed by atoms with E-state index in [0.29, 0.717) is 51.5 Å². The highest BCUT2D eigenvalue weighted by atomic mass is 16.5. The van der Waals surface area contributed by atoms with Crippen molar-refractivity contribution in [3.05, 3.63) is 73.0 Å². The lowest BCUT2D eigenvalue weighted by Gasteiger charge is -2.38. The van der Waals surface area contributed by atoms with Gasteiger partial charge in [0, 0.05) is 56.0 Å². The predicted molar refractivity (Wildman–Crippen MR) is 144 cm³/mol. The van der Waals surface area contributed by atoms with Crippen molar-refractivity contribution in [1.29, 1.82) is 0 Å². The van der Waals surface area contributed by atoms with Crippen LogP contribution in [0.15, 0.2) is 61.7 Å². The number of hydrogen-bond acceptors (Lipinski definition) is 9. The summed E-state index contributed by atoms with van der Waals surface area (Å²) in [7, 11) is 0. The minimum Gasteiger partial charge on any atom is -0.450 e. The number of fused-ring (bicyclic) bond motifs is 2. The molecule has 11 nitrogen and oxygen atoms in total. The maximum Gasteiger partial charge on any atom is 0.257 e. The Bertz CT molecular complexity index is 1630. The number of imidazole rings is 1.